The Morgan fingerprint density at radius 3 is 2.41 bits per heavy atom. The summed E-state index contributed by atoms with van der Waals surface area (Å²) < 4.78 is 5.44. The van der Waals surface area contributed by atoms with Crippen molar-refractivity contribution in [1.82, 2.24) is 9.80 Å². The molecule has 0 aliphatic carbocycles. The highest BCUT2D eigenvalue weighted by atomic mass is 16.6. The quantitative estimate of drug-likeness (QED) is 0.610. The second kappa shape index (κ2) is 8.44. The molecule has 1 N–H and O–H groups in total. The number of anilines is 1. The number of aryl methyl sites for hydroxylation is 3. The van der Waals surface area contributed by atoms with Gasteiger partial charge in [-0.2, -0.15) is 0 Å². The average Bonchev–Trinajstić information content (AvgIpc) is 3.01. The van der Waals surface area contributed by atoms with E-state index in [1.165, 1.54) is 12.1 Å². The number of carbonyl (C=O) groups is 2. The van der Waals surface area contributed by atoms with Crippen molar-refractivity contribution < 1.29 is 18.9 Å². The fraction of sp³-hybridized carbons (Fsp3) is 0.400. The number of nitrogens with one attached hydrogen (secondary N) is 1. The molecule has 1 fully saturated rings. The molecule has 1 aromatic heterocycles. The van der Waals surface area contributed by atoms with Crippen LogP contribution in [0.4, 0.5) is 11.4 Å². The Morgan fingerprint density at radius 2 is 1.83 bits per heavy atom. The van der Waals surface area contributed by atoms with E-state index in [-0.39, 0.29) is 24.0 Å². The van der Waals surface area contributed by atoms with Crippen molar-refractivity contribution in [2.75, 3.05) is 38.0 Å². The summed E-state index contributed by atoms with van der Waals surface area (Å²) in [4.78, 5) is 39.2. The molecule has 9 heteroatoms. The Bertz CT molecular complexity index is 944. The zero-order valence-electron chi connectivity index (χ0n) is 16.7. The van der Waals surface area contributed by atoms with E-state index in [9.17, 15) is 19.7 Å². The van der Waals surface area contributed by atoms with Crippen LogP contribution in [0.5, 0.6) is 0 Å². The lowest BCUT2D eigenvalue weighted by Gasteiger charge is -2.34. The van der Waals surface area contributed by atoms with E-state index in [2.05, 4.69) is 5.32 Å². The van der Waals surface area contributed by atoms with Crippen molar-refractivity contribution in [3.63, 3.8) is 0 Å². The number of piperazine rings is 1. The number of hydrogen-bond acceptors (Lipinski definition) is 6. The van der Waals surface area contributed by atoms with Crippen LogP contribution in [0.25, 0.3) is 0 Å². The molecule has 0 saturated carbocycles. The van der Waals surface area contributed by atoms with Gasteiger partial charge in [-0.05, 0) is 32.4 Å². The summed E-state index contributed by atoms with van der Waals surface area (Å²) in [5, 5.41) is 13.7. The molecule has 0 radical (unpaired) electrons. The maximum atomic E-state index is 12.6. The largest absolute Gasteiger partial charge is 0.466 e. The zero-order chi connectivity index (χ0) is 21.1. The summed E-state index contributed by atoms with van der Waals surface area (Å²) >= 11 is 0. The Kier molecular flexibility index (Phi) is 5.97. The van der Waals surface area contributed by atoms with Crippen LogP contribution in [0.3, 0.4) is 0 Å². The van der Waals surface area contributed by atoms with Crippen LogP contribution in [0.15, 0.2) is 28.7 Å². The van der Waals surface area contributed by atoms with Crippen LogP contribution >= 0.6 is 0 Å². The SMILES string of the molecule is Cc1cc(C(=O)N2CCN(CC(=O)Nc3cc([N+](=O)[O-])ccc3C)CC2)c(C)o1. The first kappa shape index (κ1) is 20.5. The first-order valence-electron chi connectivity index (χ1n) is 9.38. The third-order valence-corrected chi connectivity index (χ3v) is 5.00. The fourth-order valence-electron chi connectivity index (χ4n) is 3.37. The first-order valence-corrected chi connectivity index (χ1v) is 9.38. The van der Waals surface area contributed by atoms with E-state index in [0.717, 1.165) is 5.56 Å². The van der Waals surface area contributed by atoms with Crippen LogP contribution in [-0.2, 0) is 4.79 Å². The molecule has 0 spiro atoms. The monoisotopic (exact) mass is 400 g/mol. The third kappa shape index (κ3) is 4.80. The summed E-state index contributed by atoms with van der Waals surface area (Å²) in [5.74, 6) is 1.02. The van der Waals surface area contributed by atoms with E-state index >= 15 is 0 Å². The molecule has 2 heterocycles. The lowest BCUT2D eigenvalue weighted by molar-refractivity contribution is -0.384. The highest BCUT2D eigenvalue weighted by Crippen LogP contribution is 2.22. The van der Waals surface area contributed by atoms with Gasteiger partial charge in [0.05, 0.1) is 22.7 Å². The van der Waals surface area contributed by atoms with Gasteiger partial charge in [0.2, 0.25) is 5.91 Å². The number of nitrogens with zero attached hydrogens (tertiary/aromatic N) is 3. The molecule has 2 aromatic rings. The molecule has 0 atom stereocenters. The minimum absolute atomic E-state index is 0.0596. The molecule has 1 saturated heterocycles. The first-order chi connectivity index (χ1) is 13.7. The van der Waals surface area contributed by atoms with Gasteiger partial charge in [0, 0.05) is 38.3 Å². The van der Waals surface area contributed by atoms with Crippen molar-refractivity contribution in [3.05, 3.63) is 57.0 Å². The Hall–Kier alpha value is -3.20. The van der Waals surface area contributed by atoms with Crippen LogP contribution in [0.1, 0.15) is 27.4 Å². The second-order valence-electron chi connectivity index (χ2n) is 7.20. The van der Waals surface area contributed by atoms with Gasteiger partial charge in [-0.15, -0.1) is 0 Å². The maximum Gasteiger partial charge on any atom is 0.271 e. The molecular formula is C20H24N4O5. The van der Waals surface area contributed by atoms with E-state index in [4.69, 9.17) is 4.42 Å². The number of nitro benzene ring substituents is 1. The molecule has 1 aliphatic rings. The smallest absolute Gasteiger partial charge is 0.271 e. The molecule has 9 nitrogen and oxygen atoms in total. The van der Waals surface area contributed by atoms with Crippen molar-refractivity contribution >= 4 is 23.2 Å². The number of non-ortho nitro benzene ring substituents is 1. The van der Waals surface area contributed by atoms with Crippen LogP contribution in [-0.4, -0.2) is 59.3 Å². The average molecular weight is 400 g/mol. The normalized spacial score (nSPS) is 14.7. The van der Waals surface area contributed by atoms with Gasteiger partial charge in [0.1, 0.15) is 11.5 Å². The van der Waals surface area contributed by atoms with Crippen molar-refractivity contribution in [1.29, 1.82) is 0 Å². The number of benzene rings is 1. The molecular weight excluding hydrogens is 376 g/mol. The van der Waals surface area contributed by atoms with Gasteiger partial charge in [-0.25, -0.2) is 0 Å². The molecule has 1 aromatic carbocycles. The minimum atomic E-state index is -0.492. The highest BCUT2D eigenvalue weighted by molar-refractivity contribution is 5.95. The standard InChI is InChI=1S/C20H24N4O5/c1-13-4-5-16(24(27)28)11-18(13)21-19(25)12-22-6-8-23(9-7-22)20(26)17-10-14(2)29-15(17)3/h4-5,10-11H,6-9,12H2,1-3H3,(H,21,25). The van der Waals surface area contributed by atoms with E-state index in [1.807, 2.05) is 11.8 Å². The molecule has 0 bridgehead atoms. The topological polar surface area (TPSA) is 109 Å². The van der Waals surface area contributed by atoms with Crippen molar-refractivity contribution in [2.24, 2.45) is 0 Å². The number of amides is 2. The predicted molar refractivity (Wildman–Crippen MR) is 107 cm³/mol. The predicted octanol–water partition coefficient (Wildman–Crippen LogP) is 2.51. The summed E-state index contributed by atoms with van der Waals surface area (Å²) in [7, 11) is 0. The summed E-state index contributed by atoms with van der Waals surface area (Å²) in [5.41, 5.74) is 1.70. The molecule has 29 heavy (non-hydrogen) atoms. The molecule has 2 amide bonds. The molecule has 1 aliphatic heterocycles. The van der Waals surface area contributed by atoms with Crippen LogP contribution < -0.4 is 5.32 Å². The van der Waals surface area contributed by atoms with Crippen molar-refractivity contribution in [3.8, 4) is 0 Å². The molecule has 154 valence electrons. The Morgan fingerprint density at radius 1 is 1.14 bits per heavy atom. The van der Waals surface area contributed by atoms with E-state index in [1.54, 1.807) is 30.9 Å². The number of carbonyl (C=O) groups excluding carboxylic acids is 2. The minimum Gasteiger partial charge on any atom is -0.466 e. The van der Waals surface area contributed by atoms with Crippen LogP contribution in [0, 0.1) is 30.9 Å². The lowest BCUT2D eigenvalue weighted by Crippen LogP contribution is -2.50. The Balaban J connectivity index is 1.54. The lowest BCUT2D eigenvalue weighted by atomic mass is 10.1. The number of hydrogen-bond donors (Lipinski definition) is 1. The van der Waals surface area contributed by atoms with Crippen LogP contribution in [0.2, 0.25) is 0 Å². The number of furan rings is 1. The van der Waals surface area contributed by atoms with Gasteiger partial charge in [0.25, 0.3) is 11.6 Å². The van der Waals surface area contributed by atoms with Gasteiger partial charge in [-0.3, -0.25) is 24.6 Å². The summed E-state index contributed by atoms with van der Waals surface area (Å²) in [6.45, 7) is 7.71. The Labute approximate surface area is 168 Å². The van der Waals surface area contributed by atoms with E-state index < -0.39 is 4.92 Å². The maximum absolute atomic E-state index is 12.6. The van der Waals surface area contributed by atoms with Gasteiger partial charge in [-0.1, -0.05) is 6.07 Å². The molecule has 3 rings (SSSR count). The van der Waals surface area contributed by atoms with Gasteiger partial charge >= 0.3 is 0 Å². The second-order valence-corrected chi connectivity index (χ2v) is 7.20. The summed E-state index contributed by atoms with van der Waals surface area (Å²) in [6.07, 6.45) is 0. The van der Waals surface area contributed by atoms with Gasteiger partial charge in [0.15, 0.2) is 0 Å². The molecule has 0 unspecified atom stereocenters. The zero-order valence-corrected chi connectivity index (χ0v) is 16.7. The fourth-order valence-corrected chi connectivity index (χ4v) is 3.37. The third-order valence-electron chi connectivity index (χ3n) is 5.00. The number of nitro groups is 1. The van der Waals surface area contributed by atoms with Gasteiger partial charge < -0.3 is 14.6 Å². The highest BCUT2D eigenvalue weighted by Gasteiger charge is 2.25. The summed E-state index contributed by atoms with van der Waals surface area (Å²) in [6, 6.07) is 6.13. The van der Waals surface area contributed by atoms with E-state index in [0.29, 0.717) is 49.0 Å². The number of rotatable bonds is 5. The van der Waals surface area contributed by atoms with Crippen molar-refractivity contribution in [2.45, 2.75) is 20.8 Å².